The van der Waals surface area contributed by atoms with E-state index in [1.165, 1.54) is 0 Å². The second kappa shape index (κ2) is 7.30. The van der Waals surface area contributed by atoms with Gasteiger partial charge in [-0.15, -0.1) is 0 Å². The molecule has 23 heavy (non-hydrogen) atoms. The number of hydrogen-bond donors (Lipinski definition) is 1. The first kappa shape index (κ1) is 16.2. The van der Waals surface area contributed by atoms with Gasteiger partial charge in [0, 0.05) is 30.1 Å². The topological polar surface area (TPSA) is 37.8 Å². The number of anilines is 1. The van der Waals surface area contributed by atoms with Crippen molar-refractivity contribution in [2.24, 2.45) is 0 Å². The van der Waals surface area contributed by atoms with E-state index >= 15 is 0 Å². The molecule has 0 aliphatic heterocycles. The molecule has 0 atom stereocenters. The van der Waals surface area contributed by atoms with Crippen LogP contribution in [0.3, 0.4) is 0 Å². The maximum Gasteiger partial charge on any atom is 0.183 e. The van der Waals surface area contributed by atoms with E-state index in [0.29, 0.717) is 10.0 Å². The fraction of sp³-hybridized carbons (Fsp3) is 0.176. The normalized spacial score (nSPS) is 10.7. The monoisotopic (exact) mass is 363 g/mol. The van der Waals surface area contributed by atoms with Gasteiger partial charge in [0.05, 0.1) is 20.6 Å². The van der Waals surface area contributed by atoms with E-state index < -0.39 is 0 Å². The largest absolute Gasteiger partial charge is 0.362 e. The summed E-state index contributed by atoms with van der Waals surface area (Å²) in [7, 11) is 0. The van der Waals surface area contributed by atoms with Crippen molar-refractivity contribution in [1.82, 2.24) is 9.97 Å². The molecule has 2 aromatic heterocycles. The Hall–Kier alpha value is -1.62. The van der Waals surface area contributed by atoms with Gasteiger partial charge in [0.2, 0.25) is 0 Å². The molecule has 3 rings (SSSR count). The van der Waals surface area contributed by atoms with Crippen molar-refractivity contribution < 1.29 is 0 Å². The van der Waals surface area contributed by atoms with Crippen LogP contribution < -0.4 is 5.32 Å². The van der Waals surface area contributed by atoms with Crippen LogP contribution in [-0.2, 0) is 0 Å². The van der Waals surface area contributed by atoms with Gasteiger partial charge >= 0.3 is 0 Å². The average molecular weight is 364 g/mol. The zero-order valence-electron chi connectivity index (χ0n) is 12.5. The Labute approximate surface area is 149 Å². The predicted octanol–water partition coefficient (Wildman–Crippen LogP) is 6.00. The summed E-state index contributed by atoms with van der Waals surface area (Å²) in [6.45, 7) is 3.04. The third-order valence-electron chi connectivity index (χ3n) is 3.31. The first-order chi connectivity index (χ1) is 11.2. The second-order valence-corrected chi connectivity index (χ2v) is 6.77. The molecule has 3 aromatic rings. The fourth-order valence-electron chi connectivity index (χ4n) is 2.22. The van der Waals surface area contributed by atoms with Gasteiger partial charge in [0.1, 0.15) is 0 Å². The Bertz CT molecular complexity index is 817. The van der Waals surface area contributed by atoms with E-state index in [2.05, 4.69) is 22.2 Å². The molecular formula is C17H15Cl2N3S. The lowest BCUT2D eigenvalue weighted by Gasteiger charge is -2.09. The van der Waals surface area contributed by atoms with Crippen LogP contribution in [0.15, 0.2) is 42.7 Å². The summed E-state index contributed by atoms with van der Waals surface area (Å²) in [5.74, 6) is 0. The molecule has 6 heteroatoms. The summed E-state index contributed by atoms with van der Waals surface area (Å²) in [6, 6.07) is 9.52. The number of nitrogens with zero attached hydrogens (tertiary/aromatic N) is 2. The fourth-order valence-corrected chi connectivity index (χ4v) is 3.48. The minimum absolute atomic E-state index is 0.517. The molecular weight excluding hydrogens is 349 g/mol. The summed E-state index contributed by atoms with van der Waals surface area (Å²) < 4.78 is 0. The van der Waals surface area contributed by atoms with Gasteiger partial charge < -0.3 is 5.32 Å². The smallest absolute Gasteiger partial charge is 0.183 e. The van der Waals surface area contributed by atoms with Gasteiger partial charge in [0.25, 0.3) is 0 Å². The molecule has 0 saturated heterocycles. The Morgan fingerprint density at radius 2 is 1.91 bits per heavy atom. The number of nitrogens with one attached hydrogen (secondary N) is 1. The Morgan fingerprint density at radius 3 is 2.74 bits per heavy atom. The minimum atomic E-state index is 0.517. The summed E-state index contributed by atoms with van der Waals surface area (Å²) in [5.41, 5.74) is 2.63. The molecule has 3 nitrogen and oxygen atoms in total. The van der Waals surface area contributed by atoms with Crippen molar-refractivity contribution in [2.75, 3.05) is 11.9 Å². The highest BCUT2D eigenvalue weighted by Gasteiger charge is 2.15. The van der Waals surface area contributed by atoms with Crippen LogP contribution >= 0.6 is 34.5 Å². The summed E-state index contributed by atoms with van der Waals surface area (Å²) >= 11 is 14.1. The number of rotatable bonds is 5. The number of hydrogen-bond acceptors (Lipinski definition) is 4. The van der Waals surface area contributed by atoms with Crippen molar-refractivity contribution in [3.8, 4) is 21.7 Å². The molecule has 118 valence electrons. The number of halogens is 2. The summed E-state index contributed by atoms with van der Waals surface area (Å²) in [6.07, 6.45) is 4.68. The third kappa shape index (κ3) is 3.50. The first-order valence-electron chi connectivity index (χ1n) is 7.30. The lowest BCUT2D eigenvalue weighted by atomic mass is 10.1. The Morgan fingerprint density at radius 1 is 1.09 bits per heavy atom. The van der Waals surface area contributed by atoms with Crippen molar-refractivity contribution in [1.29, 1.82) is 0 Å². The molecule has 2 heterocycles. The van der Waals surface area contributed by atoms with Crippen LogP contribution in [0.5, 0.6) is 0 Å². The first-order valence-corrected chi connectivity index (χ1v) is 8.87. The van der Waals surface area contributed by atoms with Gasteiger partial charge in [-0.25, -0.2) is 4.98 Å². The SMILES string of the molecule is CCCNc1ncc(-c2cccnc2-c2cccc(Cl)c2Cl)s1. The number of pyridine rings is 1. The van der Waals surface area contributed by atoms with E-state index in [4.69, 9.17) is 23.2 Å². The van der Waals surface area contributed by atoms with Gasteiger partial charge in [-0.2, -0.15) is 0 Å². The standard InChI is InChI=1S/C17H15Cl2N3S/c1-2-8-21-17-22-10-14(23-17)11-6-4-9-20-16(11)12-5-3-7-13(18)15(12)19/h3-7,9-10H,2,8H2,1H3,(H,21,22). The predicted molar refractivity (Wildman–Crippen MR) is 99.6 cm³/mol. The number of thiazole rings is 1. The highest BCUT2D eigenvalue weighted by Crippen LogP contribution is 2.39. The van der Waals surface area contributed by atoms with Crippen LogP contribution in [0, 0.1) is 0 Å². The van der Waals surface area contributed by atoms with Crippen LogP contribution in [0.1, 0.15) is 13.3 Å². The molecule has 0 aliphatic rings. The van der Waals surface area contributed by atoms with E-state index in [0.717, 1.165) is 39.8 Å². The third-order valence-corrected chi connectivity index (χ3v) is 5.12. The van der Waals surface area contributed by atoms with Crippen LogP contribution in [0.2, 0.25) is 10.0 Å². The Kier molecular flexibility index (Phi) is 5.16. The van der Waals surface area contributed by atoms with Crippen molar-refractivity contribution >= 4 is 39.7 Å². The lowest BCUT2D eigenvalue weighted by molar-refractivity contribution is 0.976. The molecule has 0 fully saturated rings. The van der Waals surface area contributed by atoms with Crippen molar-refractivity contribution in [3.05, 3.63) is 52.8 Å². The lowest BCUT2D eigenvalue weighted by Crippen LogP contribution is -1.97. The molecule has 0 saturated carbocycles. The molecule has 0 spiro atoms. The van der Waals surface area contributed by atoms with Crippen LogP contribution in [0.25, 0.3) is 21.7 Å². The molecule has 0 amide bonds. The van der Waals surface area contributed by atoms with E-state index in [-0.39, 0.29) is 0 Å². The zero-order chi connectivity index (χ0) is 16.2. The van der Waals surface area contributed by atoms with Gasteiger partial charge in [-0.05, 0) is 24.6 Å². The maximum absolute atomic E-state index is 6.36. The minimum Gasteiger partial charge on any atom is -0.362 e. The van der Waals surface area contributed by atoms with Crippen LogP contribution in [-0.4, -0.2) is 16.5 Å². The van der Waals surface area contributed by atoms with Gasteiger partial charge in [-0.1, -0.05) is 53.6 Å². The zero-order valence-corrected chi connectivity index (χ0v) is 14.8. The molecule has 0 unspecified atom stereocenters. The van der Waals surface area contributed by atoms with Crippen molar-refractivity contribution in [2.45, 2.75) is 13.3 Å². The number of aromatic nitrogens is 2. The second-order valence-electron chi connectivity index (χ2n) is 4.96. The molecule has 0 bridgehead atoms. The molecule has 0 aliphatic carbocycles. The van der Waals surface area contributed by atoms with Crippen LogP contribution in [0.4, 0.5) is 5.13 Å². The Balaban J connectivity index is 2.04. The van der Waals surface area contributed by atoms with Crippen molar-refractivity contribution in [3.63, 3.8) is 0 Å². The quantitative estimate of drug-likeness (QED) is 0.603. The maximum atomic E-state index is 6.36. The molecule has 0 radical (unpaired) electrons. The van der Waals surface area contributed by atoms with Gasteiger partial charge in [-0.3, -0.25) is 4.98 Å². The highest BCUT2D eigenvalue weighted by molar-refractivity contribution is 7.18. The average Bonchev–Trinajstić information content (AvgIpc) is 3.04. The number of benzene rings is 1. The highest BCUT2D eigenvalue weighted by atomic mass is 35.5. The van der Waals surface area contributed by atoms with E-state index in [9.17, 15) is 0 Å². The summed E-state index contributed by atoms with van der Waals surface area (Å²) in [4.78, 5) is 9.98. The molecule has 1 aromatic carbocycles. The van der Waals surface area contributed by atoms with E-state index in [1.807, 2.05) is 30.5 Å². The summed E-state index contributed by atoms with van der Waals surface area (Å²) in [5, 5.41) is 5.26. The molecule has 1 N–H and O–H groups in total. The van der Waals surface area contributed by atoms with E-state index in [1.54, 1.807) is 23.6 Å². The van der Waals surface area contributed by atoms with Gasteiger partial charge in [0.15, 0.2) is 5.13 Å².